The summed E-state index contributed by atoms with van der Waals surface area (Å²) in [6.07, 6.45) is 3.26. The van der Waals surface area contributed by atoms with Crippen LogP contribution in [0.1, 0.15) is 10.7 Å². The van der Waals surface area contributed by atoms with Gasteiger partial charge in [0.25, 0.3) is 0 Å². The molecule has 1 amide bonds. The number of nitrogens with zero attached hydrogens (tertiary/aromatic N) is 4. The Labute approximate surface area is 110 Å². The quantitative estimate of drug-likeness (QED) is 0.840. The van der Waals surface area contributed by atoms with Crippen molar-refractivity contribution >= 4 is 5.91 Å². The number of rotatable bonds is 5. The van der Waals surface area contributed by atoms with Gasteiger partial charge in [0, 0.05) is 31.0 Å². The molecule has 0 atom stereocenters. The van der Waals surface area contributed by atoms with Crippen molar-refractivity contribution in [2.45, 2.75) is 0 Å². The highest BCUT2D eigenvalue weighted by Crippen LogP contribution is 2.13. The minimum absolute atomic E-state index is 0.0439. The molecule has 0 aliphatic rings. The second-order valence-electron chi connectivity index (χ2n) is 4.22. The number of aromatic nitrogens is 3. The first-order chi connectivity index (χ1) is 9.16. The molecule has 0 aliphatic carbocycles. The van der Waals surface area contributed by atoms with Crippen LogP contribution in [-0.4, -0.2) is 53.1 Å². The van der Waals surface area contributed by atoms with Crippen LogP contribution < -0.4 is 5.32 Å². The Morgan fingerprint density at radius 1 is 1.47 bits per heavy atom. The van der Waals surface area contributed by atoms with Gasteiger partial charge in [-0.3, -0.25) is 9.78 Å². The molecule has 100 valence electrons. The van der Waals surface area contributed by atoms with Crippen LogP contribution >= 0.6 is 0 Å². The number of likely N-dealkylation sites (N-methyl/N-ethyl adjacent to an activating group) is 1. The summed E-state index contributed by atoms with van der Waals surface area (Å²) in [6.45, 7) is 1.27. The number of carbonyl (C=O) groups excluding carboxylic acids is 1. The van der Waals surface area contributed by atoms with Crippen molar-refractivity contribution in [2.75, 3.05) is 27.2 Å². The highest BCUT2D eigenvalue weighted by molar-refractivity contribution is 5.89. The number of hydrogen-bond acceptors (Lipinski definition) is 6. The van der Waals surface area contributed by atoms with Gasteiger partial charge in [-0.05, 0) is 26.2 Å². The molecule has 2 heterocycles. The maximum Gasteiger partial charge on any atom is 0.316 e. The predicted molar refractivity (Wildman–Crippen MR) is 68.4 cm³/mol. The van der Waals surface area contributed by atoms with Gasteiger partial charge in [0.15, 0.2) is 0 Å². The maximum absolute atomic E-state index is 11.7. The zero-order valence-electron chi connectivity index (χ0n) is 10.8. The molecule has 0 bridgehead atoms. The zero-order valence-corrected chi connectivity index (χ0v) is 10.8. The van der Waals surface area contributed by atoms with Crippen LogP contribution in [0.15, 0.2) is 29.0 Å². The molecule has 0 aliphatic heterocycles. The molecule has 0 saturated carbocycles. The molecule has 1 N–H and O–H groups in total. The number of hydrogen-bond donors (Lipinski definition) is 1. The van der Waals surface area contributed by atoms with E-state index in [4.69, 9.17) is 4.52 Å². The molecule has 0 spiro atoms. The molecule has 19 heavy (non-hydrogen) atoms. The maximum atomic E-state index is 11.7. The molecule has 2 rings (SSSR count). The van der Waals surface area contributed by atoms with E-state index in [0.717, 1.165) is 6.54 Å². The fourth-order valence-electron chi connectivity index (χ4n) is 1.40. The van der Waals surface area contributed by atoms with E-state index in [1.807, 2.05) is 19.0 Å². The first kappa shape index (κ1) is 13.2. The predicted octanol–water partition coefficient (Wildman–Crippen LogP) is 0.423. The van der Waals surface area contributed by atoms with Gasteiger partial charge < -0.3 is 14.7 Å². The molecular formula is C12H15N5O2. The van der Waals surface area contributed by atoms with E-state index in [9.17, 15) is 4.79 Å². The smallest absolute Gasteiger partial charge is 0.316 e. The van der Waals surface area contributed by atoms with Crippen LogP contribution in [0.25, 0.3) is 11.4 Å². The summed E-state index contributed by atoms with van der Waals surface area (Å²) in [6, 6.07) is 3.56. The van der Waals surface area contributed by atoms with E-state index in [0.29, 0.717) is 17.9 Å². The largest absolute Gasteiger partial charge is 0.347 e. The van der Waals surface area contributed by atoms with Crippen LogP contribution in [-0.2, 0) is 0 Å². The van der Waals surface area contributed by atoms with Gasteiger partial charge in [-0.15, -0.1) is 0 Å². The topological polar surface area (TPSA) is 84.2 Å². The monoisotopic (exact) mass is 261 g/mol. The molecule has 0 aromatic carbocycles. The van der Waals surface area contributed by atoms with Gasteiger partial charge in [-0.1, -0.05) is 5.16 Å². The minimum atomic E-state index is -0.371. The lowest BCUT2D eigenvalue weighted by atomic mass is 10.3. The molecule has 7 nitrogen and oxygen atoms in total. The van der Waals surface area contributed by atoms with Crippen molar-refractivity contribution in [3.8, 4) is 11.4 Å². The second-order valence-corrected chi connectivity index (χ2v) is 4.22. The molecule has 0 radical (unpaired) electrons. The highest BCUT2D eigenvalue weighted by atomic mass is 16.5. The second kappa shape index (κ2) is 6.05. The van der Waals surface area contributed by atoms with Crippen molar-refractivity contribution in [2.24, 2.45) is 0 Å². The Balaban J connectivity index is 1.99. The first-order valence-electron chi connectivity index (χ1n) is 5.84. The van der Waals surface area contributed by atoms with Crippen molar-refractivity contribution in [3.63, 3.8) is 0 Å². The summed E-state index contributed by atoms with van der Waals surface area (Å²) in [5, 5.41) is 6.46. The number of amides is 1. The lowest BCUT2D eigenvalue weighted by Crippen LogP contribution is -2.31. The lowest BCUT2D eigenvalue weighted by molar-refractivity contribution is 0.0907. The molecular weight excluding hydrogens is 246 g/mol. The molecule has 0 fully saturated rings. The molecule has 7 heteroatoms. The fraction of sp³-hybridized carbons (Fsp3) is 0.333. The third kappa shape index (κ3) is 3.59. The Bertz CT molecular complexity index is 538. The Morgan fingerprint density at radius 3 is 3.00 bits per heavy atom. The average molecular weight is 261 g/mol. The van der Waals surface area contributed by atoms with E-state index < -0.39 is 0 Å². The zero-order chi connectivity index (χ0) is 13.7. The first-order valence-corrected chi connectivity index (χ1v) is 5.84. The van der Waals surface area contributed by atoms with Crippen LogP contribution in [0.2, 0.25) is 0 Å². The number of pyridine rings is 1. The van der Waals surface area contributed by atoms with Crippen LogP contribution in [0.4, 0.5) is 0 Å². The fourth-order valence-corrected chi connectivity index (χ4v) is 1.40. The standard InChI is InChI=1S/C12H15N5O2/c1-17(2)7-6-14-11(18)12-15-10(16-19-12)9-4-3-5-13-8-9/h3-5,8H,6-7H2,1-2H3,(H,14,18). The van der Waals surface area contributed by atoms with Gasteiger partial charge in [-0.2, -0.15) is 4.98 Å². The van der Waals surface area contributed by atoms with Crippen molar-refractivity contribution in [1.82, 2.24) is 25.3 Å². The van der Waals surface area contributed by atoms with Gasteiger partial charge in [0.1, 0.15) is 0 Å². The molecule has 2 aromatic heterocycles. The third-order valence-electron chi connectivity index (χ3n) is 2.38. The van der Waals surface area contributed by atoms with Crippen LogP contribution in [0.3, 0.4) is 0 Å². The van der Waals surface area contributed by atoms with Gasteiger partial charge in [0.2, 0.25) is 5.82 Å². The molecule has 0 unspecified atom stereocenters. The Morgan fingerprint density at radius 2 is 2.32 bits per heavy atom. The van der Waals surface area contributed by atoms with Crippen molar-refractivity contribution in [1.29, 1.82) is 0 Å². The van der Waals surface area contributed by atoms with Crippen molar-refractivity contribution in [3.05, 3.63) is 30.4 Å². The van der Waals surface area contributed by atoms with E-state index in [1.165, 1.54) is 0 Å². The Hall–Kier alpha value is -2.28. The van der Waals surface area contributed by atoms with Crippen LogP contribution in [0, 0.1) is 0 Å². The van der Waals surface area contributed by atoms with E-state index in [1.54, 1.807) is 24.5 Å². The molecule has 0 saturated heterocycles. The van der Waals surface area contributed by atoms with E-state index in [2.05, 4.69) is 20.4 Å². The van der Waals surface area contributed by atoms with Crippen molar-refractivity contribution < 1.29 is 9.32 Å². The number of nitrogens with one attached hydrogen (secondary N) is 1. The normalized spacial score (nSPS) is 10.7. The average Bonchev–Trinajstić information content (AvgIpc) is 2.89. The summed E-state index contributed by atoms with van der Waals surface area (Å²) < 4.78 is 4.92. The summed E-state index contributed by atoms with van der Waals surface area (Å²) in [5.41, 5.74) is 0.707. The van der Waals surface area contributed by atoms with E-state index in [-0.39, 0.29) is 11.8 Å². The number of carbonyl (C=O) groups is 1. The van der Waals surface area contributed by atoms with Gasteiger partial charge in [0.05, 0.1) is 0 Å². The lowest BCUT2D eigenvalue weighted by Gasteiger charge is -2.08. The van der Waals surface area contributed by atoms with E-state index >= 15 is 0 Å². The summed E-state index contributed by atoms with van der Waals surface area (Å²) >= 11 is 0. The molecule has 2 aromatic rings. The van der Waals surface area contributed by atoms with Crippen LogP contribution in [0.5, 0.6) is 0 Å². The summed E-state index contributed by atoms with van der Waals surface area (Å²) in [4.78, 5) is 21.7. The minimum Gasteiger partial charge on any atom is -0.347 e. The van der Waals surface area contributed by atoms with Gasteiger partial charge >= 0.3 is 11.8 Å². The SMILES string of the molecule is CN(C)CCNC(=O)c1nc(-c2cccnc2)no1. The Kier molecular flexibility index (Phi) is 4.19. The third-order valence-corrected chi connectivity index (χ3v) is 2.38. The highest BCUT2D eigenvalue weighted by Gasteiger charge is 2.15. The summed E-state index contributed by atoms with van der Waals surface area (Å²) in [5.74, 6) is -0.0621. The summed E-state index contributed by atoms with van der Waals surface area (Å²) in [7, 11) is 3.86. The van der Waals surface area contributed by atoms with Gasteiger partial charge in [-0.25, -0.2) is 0 Å².